The topological polar surface area (TPSA) is 81.7 Å². The fourth-order valence-electron chi connectivity index (χ4n) is 3.60. The average Bonchev–Trinajstić information content (AvgIpc) is 3.25. The van der Waals surface area contributed by atoms with Crippen molar-refractivity contribution in [3.05, 3.63) is 52.9 Å². The quantitative estimate of drug-likeness (QED) is 0.714. The van der Waals surface area contributed by atoms with E-state index in [0.717, 1.165) is 25.7 Å². The lowest BCUT2D eigenvalue weighted by Gasteiger charge is -2.24. The Morgan fingerprint density at radius 2 is 1.93 bits per heavy atom. The Morgan fingerprint density at radius 3 is 2.68 bits per heavy atom. The van der Waals surface area contributed by atoms with E-state index in [2.05, 4.69) is 5.32 Å². The number of fused-ring (bicyclic) bond motifs is 1. The zero-order valence-electron chi connectivity index (χ0n) is 15.8. The van der Waals surface area contributed by atoms with Gasteiger partial charge in [0.25, 0.3) is 5.91 Å². The molecule has 1 aliphatic rings. The molecule has 28 heavy (non-hydrogen) atoms. The molecule has 1 amide bonds. The minimum atomic E-state index is -0.834. The normalized spacial score (nSPS) is 16.0. The third-order valence-corrected chi connectivity index (χ3v) is 5.12. The number of hydrogen-bond donors (Lipinski definition) is 1. The fourth-order valence-corrected chi connectivity index (χ4v) is 3.60. The minimum Gasteiger partial charge on any atom is -0.473 e. The molecule has 1 fully saturated rings. The SMILES string of the molecule is C[C@H](Oc1c(-c2ccco2)oc2ccccc2c1=O)C(=O)NC1CCCCC1. The molecule has 6 heteroatoms. The number of rotatable bonds is 5. The van der Waals surface area contributed by atoms with Crippen molar-refractivity contribution < 1.29 is 18.4 Å². The van der Waals surface area contributed by atoms with Gasteiger partial charge in [0.1, 0.15) is 5.58 Å². The smallest absolute Gasteiger partial charge is 0.261 e. The minimum absolute atomic E-state index is 0.0139. The predicted octanol–water partition coefficient (Wildman–Crippen LogP) is 4.27. The van der Waals surface area contributed by atoms with Gasteiger partial charge in [0.05, 0.1) is 11.6 Å². The summed E-state index contributed by atoms with van der Waals surface area (Å²) in [7, 11) is 0. The number of benzene rings is 1. The van der Waals surface area contributed by atoms with E-state index in [1.807, 2.05) is 0 Å². The van der Waals surface area contributed by atoms with Gasteiger partial charge in [-0.2, -0.15) is 0 Å². The van der Waals surface area contributed by atoms with Crippen molar-refractivity contribution in [3.63, 3.8) is 0 Å². The maximum Gasteiger partial charge on any atom is 0.261 e. The van der Waals surface area contributed by atoms with E-state index in [9.17, 15) is 9.59 Å². The first-order chi connectivity index (χ1) is 13.6. The Labute approximate surface area is 162 Å². The molecule has 0 spiro atoms. The first-order valence-electron chi connectivity index (χ1n) is 9.70. The van der Waals surface area contributed by atoms with Crippen LogP contribution in [-0.4, -0.2) is 18.1 Å². The lowest BCUT2D eigenvalue weighted by Crippen LogP contribution is -2.43. The van der Waals surface area contributed by atoms with Gasteiger partial charge in [0, 0.05) is 6.04 Å². The van der Waals surface area contributed by atoms with Gasteiger partial charge in [0.2, 0.25) is 16.9 Å². The molecule has 0 radical (unpaired) electrons. The Balaban J connectivity index is 1.65. The molecular formula is C22H23NO5. The highest BCUT2D eigenvalue weighted by atomic mass is 16.5. The summed E-state index contributed by atoms with van der Waals surface area (Å²) in [5.74, 6) is 0.313. The van der Waals surface area contributed by atoms with Crippen LogP contribution in [0.5, 0.6) is 5.75 Å². The highest BCUT2D eigenvalue weighted by Crippen LogP contribution is 2.31. The number of nitrogens with one attached hydrogen (secondary N) is 1. The summed E-state index contributed by atoms with van der Waals surface area (Å²) in [6, 6.07) is 10.5. The Hall–Kier alpha value is -3.02. The van der Waals surface area contributed by atoms with Crippen LogP contribution < -0.4 is 15.5 Å². The van der Waals surface area contributed by atoms with Crippen molar-refractivity contribution in [3.8, 4) is 17.3 Å². The zero-order chi connectivity index (χ0) is 19.5. The lowest BCUT2D eigenvalue weighted by molar-refractivity contribution is -0.128. The number of carbonyl (C=O) groups excluding carboxylic acids is 1. The first-order valence-corrected chi connectivity index (χ1v) is 9.70. The van der Waals surface area contributed by atoms with Gasteiger partial charge in [-0.25, -0.2) is 0 Å². The number of carbonyl (C=O) groups is 1. The Morgan fingerprint density at radius 1 is 1.14 bits per heavy atom. The molecule has 3 aromatic rings. The van der Waals surface area contributed by atoms with Crippen LogP contribution in [0.25, 0.3) is 22.5 Å². The lowest BCUT2D eigenvalue weighted by atomic mass is 9.95. The second-order valence-electron chi connectivity index (χ2n) is 7.17. The second kappa shape index (κ2) is 7.92. The van der Waals surface area contributed by atoms with Gasteiger partial charge >= 0.3 is 0 Å². The summed E-state index contributed by atoms with van der Waals surface area (Å²) in [6.07, 6.45) is 6.08. The van der Waals surface area contributed by atoms with E-state index in [1.54, 1.807) is 43.3 Å². The van der Waals surface area contributed by atoms with Crippen molar-refractivity contribution >= 4 is 16.9 Å². The number of ether oxygens (including phenoxy) is 1. The molecule has 0 aliphatic heterocycles. The molecule has 1 aromatic carbocycles. The van der Waals surface area contributed by atoms with Crippen LogP contribution in [0.15, 0.2) is 56.3 Å². The van der Waals surface area contributed by atoms with Crippen molar-refractivity contribution in [1.29, 1.82) is 0 Å². The van der Waals surface area contributed by atoms with Crippen molar-refractivity contribution in [1.82, 2.24) is 5.32 Å². The fraction of sp³-hybridized carbons (Fsp3) is 0.364. The van der Waals surface area contributed by atoms with Gasteiger partial charge in [-0.15, -0.1) is 0 Å². The summed E-state index contributed by atoms with van der Waals surface area (Å²) in [6.45, 7) is 1.64. The van der Waals surface area contributed by atoms with Gasteiger partial charge in [-0.05, 0) is 44.0 Å². The van der Waals surface area contributed by atoms with Gasteiger partial charge in [0.15, 0.2) is 11.9 Å². The monoisotopic (exact) mass is 381 g/mol. The van der Waals surface area contributed by atoms with E-state index < -0.39 is 6.10 Å². The molecule has 1 atom stereocenters. The largest absolute Gasteiger partial charge is 0.473 e. The second-order valence-corrected chi connectivity index (χ2v) is 7.17. The highest BCUT2D eigenvalue weighted by Gasteiger charge is 2.25. The summed E-state index contributed by atoms with van der Waals surface area (Å²) < 4.78 is 17.1. The molecule has 1 saturated carbocycles. The number of amides is 1. The maximum atomic E-state index is 13.0. The number of hydrogen-bond acceptors (Lipinski definition) is 5. The third-order valence-electron chi connectivity index (χ3n) is 5.12. The van der Waals surface area contributed by atoms with E-state index >= 15 is 0 Å². The number of furan rings is 1. The molecule has 6 nitrogen and oxygen atoms in total. The van der Waals surface area contributed by atoms with Gasteiger partial charge < -0.3 is 18.9 Å². The Kier molecular flexibility index (Phi) is 5.19. The van der Waals surface area contributed by atoms with Crippen molar-refractivity contribution in [2.24, 2.45) is 0 Å². The van der Waals surface area contributed by atoms with Crippen LogP contribution in [-0.2, 0) is 4.79 Å². The molecule has 1 aliphatic carbocycles. The Bertz CT molecular complexity index is 1020. The molecule has 2 aromatic heterocycles. The number of para-hydroxylation sites is 1. The van der Waals surface area contributed by atoms with Gasteiger partial charge in [-0.1, -0.05) is 31.4 Å². The summed E-state index contributed by atoms with van der Waals surface area (Å²) in [4.78, 5) is 25.6. The third kappa shape index (κ3) is 3.67. The van der Waals surface area contributed by atoms with Crippen LogP contribution in [0.4, 0.5) is 0 Å². The molecular weight excluding hydrogens is 358 g/mol. The average molecular weight is 381 g/mol. The van der Waals surface area contributed by atoms with Crippen LogP contribution in [0.2, 0.25) is 0 Å². The van der Waals surface area contributed by atoms with Crippen LogP contribution >= 0.6 is 0 Å². The molecule has 146 valence electrons. The molecule has 1 N–H and O–H groups in total. The zero-order valence-corrected chi connectivity index (χ0v) is 15.8. The summed E-state index contributed by atoms with van der Waals surface area (Å²) in [5, 5.41) is 3.43. The van der Waals surface area contributed by atoms with E-state index in [4.69, 9.17) is 13.6 Å². The van der Waals surface area contributed by atoms with E-state index in [1.165, 1.54) is 12.7 Å². The molecule has 2 heterocycles. The summed E-state index contributed by atoms with van der Waals surface area (Å²) >= 11 is 0. The van der Waals surface area contributed by atoms with Gasteiger partial charge in [-0.3, -0.25) is 9.59 Å². The molecule has 0 saturated heterocycles. The van der Waals surface area contributed by atoms with Crippen LogP contribution in [0.1, 0.15) is 39.0 Å². The predicted molar refractivity (Wildman–Crippen MR) is 105 cm³/mol. The van der Waals surface area contributed by atoms with Crippen molar-refractivity contribution in [2.45, 2.75) is 51.2 Å². The van der Waals surface area contributed by atoms with E-state index in [-0.39, 0.29) is 28.9 Å². The van der Waals surface area contributed by atoms with Crippen LogP contribution in [0.3, 0.4) is 0 Å². The van der Waals surface area contributed by atoms with Crippen LogP contribution in [0, 0.1) is 0 Å². The molecule has 4 rings (SSSR count). The molecule has 0 bridgehead atoms. The van der Waals surface area contributed by atoms with E-state index in [0.29, 0.717) is 16.7 Å². The highest BCUT2D eigenvalue weighted by molar-refractivity contribution is 5.83. The maximum absolute atomic E-state index is 13.0. The summed E-state index contributed by atoms with van der Waals surface area (Å²) in [5.41, 5.74) is 0.108. The first kappa shape index (κ1) is 18.3. The standard InChI is InChI=1S/C22H23NO5/c1-14(22(25)23-15-8-3-2-4-9-15)27-21-19(24)16-10-5-6-11-17(16)28-20(21)18-12-7-13-26-18/h5-7,10-15H,2-4,8-9H2,1H3,(H,23,25)/t14-/m0/s1. The van der Waals surface area contributed by atoms with Crippen molar-refractivity contribution in [2.75, 3.05) is 0 Å². The molecule has 0 unspecified atom stereocenters.